The van der Waals surface area contributed by atoms with E-state index in [2.05, 4.69) is 41.4 Å². The lowest BCUT2D eigenvalue weighted by Crippen LogP contribution is -2.39. The summed E-state index contributed by atoms with van der Waals surface area (Å²) >= 11 is 6.08. The van der Waals surface area contributed by atoms with E-state index in [1.807, 2.05) is 31.2 Å². The van der Waals surface area contributed by atoms with Gasteiger partial charge in [0.05, 0.1) is 12.3 Å². The van der Waals surface area contributed by atoms with Gasteiger partial charge in [0.15, 0.2) is 5.96 Å². The van der Waals surface area contributed by atoms with Crippen LogP contribution in [-0.2, 0) is 16.7 Å². The van der Waals surface area contributed by atoms with Crippen LogP contribution in [0.2, 0.25) is 5.02 Å². The number of guanidine groups is 1. The summed E-state index contributed by atoms with van der Waals surface area (Å²) in [6.45, 7) is 9.96. The molecule has 1 aromatic heterocycles. The molecule has 7 heteroatoms. The van der Waals surface area contributed by atoms with Crippen molar-refractivity contribution in [2.45, 2.75) is 45.8 Å². The van der Waals surface area contributed by atoms with Crippen LogP contribution in [0.4, 0.5) is 0 Å². The smallest absolute Gasteiger partial charge is 0.216 e. The van der Waals surface area contributed by atoms with Crippen molar-refractivity contribution in [1.29, 1.82) is 0 Å². The molecule has 1 atom stereocenters. The number of halogens is 1. The van der Waals surface area contributed by atoms with Crippen molar-refractivity contribution in [3.05, 3.63) is 52.7 Å². The Morgan fingerprint density at radius 2 is 2.11 bits per heavy atom. The summed E-state index contributed by atoms with van der Waals surface area (Å²) in [4.78, 5) is 8.87. The lowest BCUT2D eigenvalue weighted by Gasteiger charge is -2.18. The van der Waals surface area contributed by atoms with Crippen LogP contribution in [0, 0.1) is 0 Å². The summed E-state index contributed by atoms with van der Waals surface area (Å²) in [5.74, 6) is 2.12. The monoisotopic (exact) mass is 392 g/mol. The van der Waals surface area contributed by atoms with E-state index >= 15 is 0 Å². The molecular formula is C20H29ClN4O2. The van der Waals surface area contributed by atoms with Crippen molar-refractivity contribution < 1.29 is 9.15 Å². The number of nitrogens with one attached hydrogen (secondary N) is 2. The van der Waals surface area contributed by atoms with Gasteiger partial charge in [-0.15, -0.1) is 0 Å². The largest absolute Gasteiger partial charge is 0.443 e. The highest BCUT2D eigenvalue weighted by atomic mass is 35.5. The van der Waals surface area contributed by atoms with E-state index in [1.165, 1.54) is 0 Å². The third-order valence-corrected chi connectivity index (χ3v) is 4.20. The second kappa shape index (κ2) is 9.76. The molecule has 1 aromatic carbocycles. The Morgan fingerprint density at radius 3 is 2.70 bits per heavy atom. The van der Waals surface area contributed by atoms with Crippen LogP contribution in [0.25, 0.3) is 0 Å². The fourth-order valence-corrected chi connectivity index (χ4v) is 2.65. The molecule has 2 rings (SSSR count). The first-order valence-corrected chi connectivity index (χ1v) is 9.47. The van der Waals surface area contributed by atoms with Crippen molar-refractivity contribution in [3.63, 3.8) is 0 Å². The lowest BCUT2D eigenvalue weighted by atomic mass is 9.94. The van der Waals surface area contributed by atoms with Crippen LogP contribution < -0.4 is 10.6 Å². The predicted molar refractivity (Wildman–Crippen MR) is 109 cm³/mol. The molecule has 6 nitrogen and oxygen atoms in total. The van der Waals surface area contributed by atoms with Gasteiger partial charge in [-0.25, -0.2) is 9.98 Å². The second-order valence-corrected chi connectivity index (χ2v) is 7.66. The first kappa shape index (κ1) is 21.3. The summed E-state index contributed by atoms with van der Waals surface area (Å²) in [5.41, 5.74) is 0.941. The van der Waals surface area contributed by atoms with Crippen LogP contribution in [0.15, 0.2) is 39.9 Å². The molecule has 2 aromatic rings. The first-order valence-electron chi connectivity index (χ1n) is 9.09. The Kier molecular flexibility index (Phi) is 7.68. The number of oxazole rings is 1. The molecule has 0 aliphatic carbocycles. The van der Waals surface area contributed by atoms with Crippen molar-refractivity contribution in [2.24, 2.45) is 4.99 Å². The molecule has 0 aliphatic rings. The Morgan fingerprint density at radius 1 is 1.33 bits per heavy atom. The third kappa shape index (κ3) is 6.56. The van der Waals surface area contributed by atoms with Gasteiger partial charge >= 0.3 is 0 Å². The fourth-order valence-electron chi connectivity index (χ4n) is 2.45. The predicted octanol–water partition coefficient (Wildman–Crippen LogP) is 4.07. The zero-order valence-corrected chi connectivity index (χ0v) is 17.4. The Hall–Kier alpha value is -2.05. The highest BCUT2D eigenvalue weighted by Gasteiger charge is 2.19. The lowest BCUT2D eigenvalue weighted by molar-refractivity contribution is 0.106. The fraction of sp³-hybridized carbons (Fsp3) is 0.500. The molecule has 0 radical (unpaired) electrons. The summed E-state index contributed by atoms with van der Waals surface area (Å²) in [6, 6.07) is 7.66. The van der Waals surface area contributed by atoms with Gasteiger partial charge in [0.25, 0.3) is 0 Å². The van der Waals surface area contributed by atoms with Crippen LogP contribution in [-0.4, -0.2) is 31.1 Å². The molecule has 27 heavy (non-hydrogen) atoms. The summed E-state index contributed by atoms with van der Waals surface area (Å²) in [5, 5.41) is 7.21. The molecule has 1 unspecified atom stereocenters. The standard InChI is InChI=1S/C20H29ClN4O2/c1-6-22-19(25-13-18-23-12-17(27-18)20(2,3)4)24-11-16(26-5)14-8-7-9-15(21)10-14/h7-10,12,16H,6,11,13H2,1-5H3,(H2,22,24,25). The van der Waals surface area contributed by atoms with E-state index in [0.29, 0.717) is 30.0 Å². The average Bonchev–Trinajstić information content (AvgIpc) is 3.09. The molecular weight excluding hydrogens is 364 g/mol. The molecule has 0 saturated carbocycles. The number of methoxy groups -OCH3 is 1. The van der Waals surface area contributed by atoms with E-state index in [-0.39, 0.29) is 11.5 Å². The maximum absolute atomic E-state index is 6.08. The van der Waals surface area contributed by atoms with Gasteiger partial charge in [-0.1, -0.05) is 44.5 Å². The van der Waals surface area contributed by atoms with Crippen LogP contribution in [0.5, 0.6) is 0 Å². The molecule has 0 spiro atoms. The number of ether oxygens (including phenoxy) is 1. The molecule has 0 amide bonds. The minimum atomic E-state index is -0.137. The quantitative estimate of drug-likeness (QED) is 0.549. The Bertz CT molecular complexity index is 752. The van der Waals surface area contributed by atoms with Gasteiger partial charge in [0.2, 0.25) is 5.89 Å². The number of benzene rings is 1. The van der Waals surface area contributed by atoms with Crippen molar-refractivity contribution in [1.82, 2.24) is 15.6 Å². The summed E-state index contributed by atoms with van der Waals surface area (Å²) in [7, 11) is 1.68. The van der Waals surface area contributed by atoms with E-state index in [1.54, 1.807) is 13.3 Å². The Labute approximate surface area is 166 Å². The Balaban J connectivity index is 2.01. The highest BCUT2D eigenvalue weighted by molar-refractivity contribution is 6.30. The SMILES string of the molecule is CCNC(=NCc1ncc(C(C)(C)C)o1)NCC(OC)c1cccc(Cl)c1. The van der Waals surface area contributed by atoms with Gasteiger partial charge < -0.3 is 19.8 Å². The number of rotatable bonds is 7. The normalized spacial score (nSPS) is 13.5. The van der Waals surface area contributed by atoms with Gasteiger partial charge in [0.1, 0.15) is 12.3 Å². The van der Waals surface area contributed by atoms with E-state index in [0.717, 1.165) is 17.9 Å². The van der Waals surface area contributed by atoms with Crippen LogP contribution in [0.1, 0.15) is 51.0 Å². The zero-order chi connectivity index (χ0) is 19.9. The molecule has 0 aliphatic heterocycles. The molecule has 148 valence electrons. The van der Waals surface area contributed by atoms with Gasteiger partial charge in [-0.2, -0.15) is 0 Å². The highest BCUT2D eigenvalue weighted by Crippen LogP contribution is 2.23. The van der Waals surface area contributed by atoms with E-state index in [4.69, 9.17) is 20.8 Å². The van der Waals surface area contributed by atoms with Crippen LogP contribution in [0.3, 0.4) is 0 Å². The van der Waals surface area contributed by atoms with Gasteiger partial charge in [-0.3, -0.25) is 0 Å². The minimum absolute atomic E-state index is 0.0691. The number of nitrogens with zero attached hydrogens (tertiary/aromatic N) is 2. The second-order valence-electron chi connectivity index (χ2n) is 7.22. The maximum atomic E-state index is 6.08. The number of aromatic nitrogens is 1. The molecule has 1 heterocycles. The molecule has 0 fully saturated rings. The maximum Gasteiger partial charge on any atom is 0.216 e. The summed E-state index contributed by atoms with van der Waals surface area (Å²) < 4.78 is 11.4. The number of aliphatic imine (C=N–C) groups is 1. The third-order valence-electron chi connectivity index (χ3n) is 3.97. The van der Waals surface area contributed by atoms with Crippen molar-refractivity contribution in [2.75, 3.05) is 20.2 Å². The zero-order valence-electron chi connectivity index (χ0n) is 16.7. The summed E-state index contributed by atoms with van der Waals surface area (Å²) in [6.07, 6.45) is 1.63. The number of hydrogen-bond donors (Lipinski definition) is 2. The first-order chi connectivity index (χ1) is 12.8. The van der Waals surface area contributed by atoms with E-state index in [9.17, 15) is 0 Å². The molecule has 0 saturated heterocycles. The minimum Gasteiger partial charge on any atom is -0.443 e. The topological polar surface area (TPSA) is 71.7 Å². The van der Waals surface area contributed by atoms with Crippen molar-refractivity contribution in [3.8, 4) is 0 Å². The molecule has 2 N–H and O–H groups in total. The van der Waals surface area contributed by atoms with Crippen LogP contribution >= 0.6 is 11.6 Å². The van der Waals surface area contributed by atoms with Gasteiger partial charge in [0, 0.05) is 30.6 Å². The van der Waals surface area contributed by atoms with E-state index < -0.39 is 0 Å². The molecule has 0 bridgehead atoms. The average molecular weight is 393 g/mol. The van der Waals surface area contributed by atoms with Gasteiger partial charge in [-0.05, 0) is 24.6 Å². The van der Waals surface area contributed by atoms with Crippen molar-refractivity contribution >= 4 is 17.6 Å². The number of hydrogen-bond acceptors (Lipinski definition) is 4.